The van der Waals surface area contributed by atoms with Gasteiger partial charge in [0, 0.05) is 6.54 Å². The highest BCUT2D eigenvalue weighted by atomic mass is 16.1. The number of ketones is 1. The van der Waals surface area contributed by atoms with Crippen LogP contribution in [0, 0.1) is 0 Å². The molecule has 4 nitrogen and oxygen atoms in total. The van der Waals surface area contributed by atoms with Crippen LogP contribution in [0.25, 0.3) is 0 Å². The van der Waals surface area contributed by atoms with Crippen molar-refractivity contribution in [3.8, 4) is 0 Å². The molecular formula is C4H9N3O. The van der Waals surface area contributed by atoms with E-state index in [1.807, 2.05) is 0 Å². The number of Topliss-reactive ketones (excluding diaryl/α,β-unsaturated/α-hetero) is 1. The third-order valence-electron chi connectivity index (χ3n) is 0.794. The Morgan fingerprint density at radius 1 is 1.75 bits per heavy atom. The standard InChI is InChI=1S/C4H9N3O/c5-1-3(7)4(8)2-6/h3,5,7H,1-2,6H2. The van der Waals surface area contributed by atoms with Crippen molar-refractivity contribution in [2.75, 3.05) is 13.1 Å². The third-order valence-corrected chi connectivity index (χ3v) is 0.794. The van der Waals surface area contributed by atoms with Crippen LogP contribution in [0.2, 0.25) is 0 Å². The molecule has 4 heteroatoms. The summed E-state index contributed by atoms with van der Waals surface area (Å²) in [5.41, 5.74) is 18.3. The van der Waals surface area contributed by atoms with E-state index in [9.17, 15) is 4.79 Å². The van der Waals surface area contributed by atoms with Crippen molar-refractivity contribution in [2.45, 2.75) is 6.04 Å². The Balaban J connectivity index is 3.46. The zero-order valence-corrected chi connectivity index (χ0v) is 4.48. The van der Waals surface area contributed by atoms with Crippen LogP contribution in [-0.2, 0) is 4.79 Å². The molecule has 0 heterocycles. The molecule has 0 aliphatic heterocycles. The lowest BCUT2D eigenvalue weighted by molar-refractivity contribution is -0.118. The van der Waals surface area contributed by atoms with Crippen LogP contribution in [0.3, 0.4) is 0 Å². The number of hydrogen-bond acceptors (Lipinski definition) is 2. The minimum atomic E-state index is -0.931. The number of nitrogens with one attached hydrogen (secondary N) is 2. The van der Waals surface area contributed by atoms with Crippen LogP contribution in [-0.4, -0.2) is 24.9 Å². The molecule has 0 aromatic rings. The average molecular weight is 115 g/mol. The van der Waals surface area contributed by atoms with Gasteiger partial charge in [0.05, 0.1) is 12.6 Å². The first kappa shape index (κ1) is 7.55. The highest BCUT2D eigenvalue weighted by Gasteiger charge is 2.08. The number of nitrogens with two attached hydrogens (primary N) is 1. The molecule has 0 spiro atoms. The van der Waals surface area contributed by atoms with E-state index in [-0.39, 0.29) is 18.9 Å². The molecule has 2 radical (unpaired) electrons. The van der Waals surface area contributed by atoms with Crippen LogP contribution in [0.15, 0.2) is 0 Å². The topological polar surface area (TPSA) is 90.7 Å². The second-order valence-corrected chi connectivity index (χ2v) is 1.43. The fourth-order valence-electron chi connectivity index (χ4n) is 0.256. The monoisotopic (exact) mass is 115 g/mol. The van der Waals surface area contributed by atoms with Crippen molar-refractivity contribution in [3.05, 3.63) is 0 Å². The maximum absolute atomic E-state index is 10.3. The summed E-state index contributed by atoms with van der Waals surface area (Å²) < 4.78 is 0. The molecule has 4 N–H and O–H groups in total. The fraction of sp³-hybridized carbons (Fsp3) is 0.750. The maximum Gasteiger partial charge on any atom is 0.165 e. The fourth-order valence-corrected chi connectivity index (χ4v) is 0.256. The molecule has 1 unspecified atom stereocenters. The van der Waals surface area contributed by atoms with Gasteiger partial charge >= 0.3 is 0 Å². The van der Waals surface area contributed by atoms with E-state index < -0.39 is 6.04 Å². The minimum Gasteiger partial charge on any atom is -0.324 e. The summed E-state index contributed by atoms with van der Waals surface area (Å²) in [6.07, 6.45) is 0. The van der Waals surface area contributed by atoms with Crippen molar-refractivity contribution < 1.29 is 4.79 Å². The minimum absolute atomic E-state index is 0.118. The summed E-state index contributed by atoms with van der Waals surface area (Å²) in [4.78, 5) is 10.3. The smallest absolute Gasteiger partial charge is 0.165 e. The van der Waals surface area contributed by atoms with Crippen LogP contribution in [0.1, 0.15) is 0 Å². The molecule has 0 fully saturated rings. The van der Waals surface area contributed by atoms with Crippen LogP contribution >= 0.6 is 0 Å². The van der Waals surface area contributed by atoms with Gasteiger partial charge in [0.25, 0.3) is 0 Å². The third kappa shape index (κ3) is 2.02. The van der Waals surface area contributed by atoms with Crippen molar-refractivity contribution >= 4 is 5.78 Å². The molecule has 0 aromatic carbocycles. The van der Waals surface area contributed by atoms with E-state index >= 15 is 0 Å². The molecule has 0 aliphatic carbocycles. The first-order valence-corrected chi connectivity index (χ1v) is 2.31. The Labute approximate surface area is 48.0 Å². The molecule has 0 aliphatic rings. The largest absolute Gasteiger partial charge is 0.324 e. The Kier molecular flexibility index (Phi) is 3.34. The summed E-state index contributed by atoms with van der Waals surface area (Å²) in [6.45, 7) is -0.302. The Hall–Kier alpha value is -0.450. The number of hydrogen-bond donors (Lipinski definition) is 1. The molecule has 8 heavy (non-hydrogen) atoms. The van der Waals surface area contributed by atoms with Crippen molar-refractivity contribution in [3.63, 3.8) is 0 Å². The van der Waals surface area contributed by atoms with Crippen molar-refractivity contribution in [1.29, 1.82) is 0 Å². The van der Waals surface area contributed by atoms with E-state index in [0.717, 1.165) is 0 Å². The molecule has 0 aromatic heterocycles. The lowest BCUT2D eigenvalue weighted by Gasteiger charge is -2.00. The van der Waals surface area contributed by atoms with Crippen LogP contribution in [0.5, 0.6) is 0 Å². The quantitative estimate of drug-likeness (QED) is 0.482. The highest BCUT2D eigenvalue weighted by Crippen LogP contribution is 1.77. The summed E-state index contributed by atoms with van der Waals surface area (Å²) in [5, 5.41) is 0. The average Bonchev–Trinajstić information content (AvgIpc) is 1.84. The number of carbonyl (C=O) groups excluding carboxylic acids is 1. The predicted octanol–water partition coefficient (Wildman–Crippen LogP) is -1.55. The molecule has 0 amide bonds. The molecule has 0 saturated carbocycles. The maximum atomic E-state index is 10.3. The van der Waals surface area contributed by atoms with Gasteiger partial charge in [-0.2, -0.15) is 0 Å². The van der Waals surface area contributed by atoms with Crippen LogP contribution in [0.4, 0.5) is 0 Å². The van der Waals surface area contributed by atoms with E-state index in [1.165, 1.54) is 0 Å². The molecule has 1 atom stereocenters. The first-order chi connectivity index (χ1) is 3.72. The molecular weight excluding hydrogens is 106 g/mol. The summed E-state index contributed by atoms with van der Waals surface area (Å²) in [6, 6.07) is -0.931. The second-order valence-electron chi connectivity index (χ2n) is 1.43. The normalized spacial score (nSPS) is 13.4. The van der Waals surface area contributed by atoms with Gasteiger partial charge in [0.2, 0.25) is 0 Å². The summed E-state index contributed by atoms with van der Waals surface area (Å²) in [5.74, 6) is -0.361. The van der Waals surface area contributed by atoms with Crippen molar-refractivity contribution in [1.82, 2.24) is 11.5 Å². The van der Waals surface area contributed by atoms with E-state index in [2.05, 4.69) is 0 Å². The first-order valence-electron chi connectivity index (χ1n) is 2.31. The predicted molar refractivity (Wildman–Crippen MR) is 28.9 cm³/mol. The zero-order valence-electron chi connectivity index (χ0n) is 4.48. The molecule has 0 saturated heterocycles. The number of rotatable bonds is 3. The molecule has 0 rings (SSSR count). The summed E-state index contributed by atoms with van der Waals surface area (Å²) >= 11 is 0. The van der Waals surface area contributed by atoms with Gasteiger partial charge in [-0.1, -0.05) is 0 Å². The van der Waals surface area contributed by atoms with Gasteiger partial charge in [-0.25, -0.2) is 5.73 Å². The van der Waals surface area contributed by atoms with Crippen LogP contribution < -0.4 is 17.2 Å². The van der Waals surface area contributed by atoms with E-state index in [0.29, 0.717) is 0 Å². The van der Waals surface area contributed by atoms with E-state index in [4.69, 9.17) is 17.2 Å². The van der Waals surface area contributed by atoms with Gasteiger partial charge in [0.1, 0.15) is 0 Å². The van der Waals surface area contributed by atoms with Gasteiger partial charge in [-0.15, -0.1) is 0 Å². The SMILES string of the molecule is [NH]CC([NH])C(=O)CN. The molecule has 0 bridgehead atoms. The zero-order chi connectivity index (χ0) is 6.57. The number of carbonyl (C=O) groups is 1. The van der Waals surface area contributed by atoms with Crippen molar-refractivity contribution in [2.24, 2.45) is 5.73 Å². The Morgan fingerprint density at radius 3 is 2.38 bits per heavy atom. The van der Waals surface area contributed by atoms with Gasteiger partial charge in [0.15, 0.2) is 5.78 Å². The lowest BCUT2D eigenvalue weighted by atomic mass is 10.2. The highest BCUT2D eigenvalue weighted by molar-refractivity contribution is 5.85. The second kappa shape index (κ2) is 3.54. The molecule has 46 valence electrons. The van der Waals surface area contributed by atoms with E-state index in [1.54, 1.807) is 0 Å². The van der Waals surface area contributed by atoms with Gasteiger partial charge < -0.3 is 5.73 Å². The lowest BCUT2D eigenvalue weighted by Crippen LogP contribution is -2.32. The summed E-state index contributed by atoms with van der Waals surface area (Å²) in [7, 11) is 0. The van der Waals surface area contributed by atoms with Gasteiger partial charge in [-0.05, 0) is 0 Å². The van der Waals surface area contributed by atoms with Gasteiger partial charge in [-0.3, -0.25) is 10.5 Å². The Morgan fingerprint density at radius 2 is 2.25 bits per heavy atom. The Bertz CT molecular complexity index is 83.4.